The number of ether oxygens (including phenoxy) is 1. The van der Waals surface area contributed by atoms with Gasteiger partial charge in [-0.25, -0.2) is 4.79 Å². The number of amides is 2. The van der Waals surface area contributed by atoms with Gasteiger partial charge in [-0.2, -0.15) is 0 Å². The smallest absolute Gasteiger partial charge is 0.342 e. The Hall–Kier alpha value is -3.35. The van der Waals surface area contributed by atoms with Gasteiger partial charge in [0.2, 0.25) is 5.91 Å². The topological polar surface area (TPSA) is 119 Å². The van der Waals surface area contributed by atoms with E-state index in [1.807, 2.05) is 0 Å². The van der Waals surface area contributed by atoms with E-state index in [2.05, 4.69) is 5.32 Å². The average molecular weight is 314 g/mol. The maximum Gasteiger partial charge on any atom is 0.342 e. The Morgan fingerprint density at radius 3 is 2.30 bits per heavy atom. The molecule has 0 atom stereocenters. The molecule has 4 N–H and O–H groups in total. The first-order valence-corrected chi connectivity index (χ1v) is 6.62. The summed E-state index contributed by atoms with van der Waals surface area (Å²) in [6, 6.07) is 11.8. The van der Waals surface area contributed by atoms with Crippen LogP contribution in [-0.2, 0) is 9.53 Å². The van der Waals surface area contributed by atoms with Gasteiger partial charge < -0.3 is 20.9 Å². The fourth-order valence-corrected chi connectivity index (χ4v) is 1.77. The lowest BCUT2D eigenvalue weighted by Crippen LogP contribution is -2.21. The Bertz CT molecular complexity index is 740. The summed E-state index contributed by atoms with van der Waals surface area (Å²) in [4.78, 5) is 34.4. The summed E-state index contributed by atoms with van der Waals surface area (Å²) in [6.07, 6.45) is 0. The lowest BCUT2D eigenvalue weighted by atomic mass is 10.2. The van der Waals surface area contributed by atoms with Crippen molar-refractivity contribution in [3.63, 3.8) is 0 Å². The van der Waals surface area contributed by atoms with Crippen molar-refractivity contribution in [3.8, 4) is 5.75 Å². The molecule has 0 aromatic heterocycles. The number of para-hydroxylation sites is 1. The second-order valence-electron chi connectivity index (χ2n) is 4.58. The van der Waals surface area contributed by atoms with Gasteiger partial charge >= 0.3 is 5.97 Å². The van der Waals surface area contributed by atoms with Crippen LogP contribution in [0.1, 0.15) is 20.7 Å². The first-order chi connectivity index (χ1) is 11.0. The number of esters is 1. The number of carbonyl (C=O) groups is 3. The van der Waals surface area contributed by atoms with Gasteiger partial charge in [0.15, 0.2) is 6.61 Å². The van der Waals surface area contributed by atoms with Crippen LogP contribution in [0, 0.1) is 0 Å². The molecule has 0 aliphatic carbocycles. The average Bonchev–Trinajstić information content (AvgIpc) is 2.53. The first kappa shape index (κ1) is 16.0. The van der Waals surface area contributed by atoms with Crippen molar-refractivity contribution >= 4 is 23.5 Å². The third kappa shape index (κ3) is 4.31. The number of hydrogen-bond donors (Lipinski definition) is 3. The van der Waals surface area contributed by atoms with Gasteiger partial charge in [-0.1, -0.05) is 12.1 Å². The van der Waals surface area contributed by atoms with Gasteiger partial charge in [0.25, 0.3) is 5.91 Å². The van der Waals surface area contributed by atoms with Crippen LogP contribution in [0.4, 0.5) is 5.69 Å². The van der Waals surface area contributed by atoms with Crippen molar-refractivity contribution in [2.24, 2.45) is 5.73 Å². The Balaban J connectivity index is 1.89. The van der Waals surface area contributed by atoms with Gasteiger partial charge in [0, 0.05) is 11.3 Å². The fraction of sp³-hybridized carbons (Fsp3) is 0.0625. The molecule has 0 aliphatic rings. The second-order valence-corrected chi connectivity index (χ2v) is 4.58. The Labute approximate surface area is 131 Å². The molecule has 0 unspecified atom stereocenters. The van der Waals surface area contributed by atoms with E-state index in [4.69, 9.17) is 10.5 Å². The largest absolute Gasteiger partial charge is 0.507 e. The molecule has 7 heteroatoms. The third-order valence-electron chi connectivity index (χ3n) is 2.91. The molecule has 7 nitrogen and oxygen atoms in total. The van der Waals surface area contributed by atoms with E-state index < -0.39 is 24.4 Å². The molecule has 0 spiro atoms. The summed E-state index contributed by atoms with van der Waals surface area (Å²) in [7, 11) is 0. The first-order valence-electron chi connectivity index (χ1n) is 6.62. The summed E-state index contributed by atoms with van der Waals surface area (Å²) < 4.78 is 4.82. The highest BCUT2D eigenvalue weighted by Crippen LogP contribution is 2.16. The standard InChI is InChI=1S/C16H14N2O5/c17-15(21)10-5-7-11(8-6-10)18-14(20)9-23-16(22)12-3-1-2-4-13(12)19/h1-8,19H,9H2,(H2,17,21)(H,18,20). The molecular formula is C16H14N2O5. The number of primary amides is 1. The number of nitrogens with one attached hydrogen (secondary N) is 1. The minimum absolute atomic E-state index is 0.0221. The zero-order chi connectivity index (χ0) is 16.8. The van der Waals surface area contributed by atoms with Crippen LogP contribution in [0.2, 0.25) is 0 Å². The van der Waals surface area contributed by atoms with Crippen LogP contribution in [0.15, 0.2) is 48.5 Å². The highest BCUT2D eigenvalue weighted by molar-refractivity contribution is 5.97. The Morgan fingerprint density at radius 2 is 1.70 bits per heavy atom. The SMILES string of the molecule is NC(=O)c1ccc(NC(=O)COC(=O)c2ccccc2O)cc1. The van der Waals surface area contributed by atoms with Gasteiger partial charge in [-0.05, 0) is 36.4 Å². The molecule has 2 aromatic rings. The van der Waals surface area contributed by atoms with Crippen LogP contribution < -0.4 is 11.1 Å². The molecule has 0 fully saturated rings. The number of carbonyl (C=O) groups excluding carboxylic acids is 3. The molecular weight excluding hydrogens is 300 g/mol. The van der Waals surface area contributed by atoms with E-state index in [0.717, 1.165) is 0 Å². The molecule has 0 aliphatic heterocycles. The molecule has 118 valence electrons. The van der Waals surface area contributed by atoms with Crippen molar-refractivity contribution < 1.29 is 24.2 Å². The zero-order valence-corrected chi connectivity index (χ0v) is 12.0. The number of benzene rings is 2. The summed E-state index contributed by atoms with van der Waals surface area (Å²) in [5.41, 5.74) is 5.83. The van der Waals surface area contributed by atoms with E-state index in [0.29, 0.717) is 11.3 Å². The third-order valence-corrected chi connectivity index (χ3v) is 2.91. The maximum atomic E-state index is 11.7. The summed E-state index contributed by atoms with van der Waals surface area (Å²) in [6.45, 7) is -0.509. The van der Waals surface area contributed by atoms with E-state index in [9.17, 15) is 19.5 Å². The van der Waals surface area contributed by atoms with Gasteiger partial charge in [-0.3, -0.25) is 9.59 Å². The van der Waals surface area contributed by atoms with Crippen LogP contribution in [0.3, 0.4) is 0 Å². The number of anilines is 1. The highest BCUT2D eigenvalue weighted by Gasteiger charge is 2.13. The Morgan fingerprint density at radius 1 is 1.04 bits per heavy atom. The monoisotopic (exact) mass is 314 g/mol. The van der Waals surface area contributed by atoms with Gasteiger partial charge in [0.05, 0.1) is 0 Å². The number of hydrogen-bond acceptors (Lipinski definition) is 5. The van der Waals surface area contributed by atoms with E-state index in [1.54, 1.807) is 12.1 Å². The fourth-order valence-electron chi connectivity index (χ4n) is 1.77. The quantitative estimate of drug-likeness (QED) is 0.718. The lowest BCUT2D eigenvalue weighted by Gasteiger charge is -2.07. The maximum absolute atomic E-state index is 11.7. The summed E-state index contributed by atoms with van der Waals surface area (Å²) in [5.74, 6) is -2.15. The number of aromatic hydroxyl groups is 1. The van der Waals surface area contributed by atoms with E-state index in [1.165, 1.54) is 36.4 Å². The molecule has 0 saturated carbocycles. The zero-order valence-electron chi connectivity index (χ0n) is 12.0. The minimum Gasteiger partial charge on any atom is -0.507 e. The van der Waals surface area contributed by atoms with Crippen molar-refractivity contribution in [1.82, 2.24) is 0 Å². The number of phenols is 1. The van der Waals surface area contributed by atoms with Crippen LogP contribution >= 0.6 is 0 Å². The molecule has 0 heterocycles. The minimum atomic E-state index is -0.803. The van der Waals surface area contributed by atoms with Crippen molar-refractivity contribution in [2.75, 3.05) is 11.9 Å². The summed E-state index contributed by atoms with van der Waals surface area (Å²) in [5, 5.41) is 12.0. The predicted molar refractivity (Wildman–Crippen MR) is 82.0 cm³/mol. The van der Waals surface area contributed by atoms with Crippen molar-refractivity contribution in [2.45, 2.75) is 0 Å². The van der Waals surface area contributed by atoms with E-state index >= 15 is 0 Å². The number of rotatable bonds is 5. The van der Waals surface area contributed by atoms with E-state index in [-0.39, 0.29) is 11.3 Å². The molecule has 0 bridgehead atoms. The van der Waals surface area contributed by atoms with Gasteiger partial charge in [-0.15, -0.1) is 0 Å². The molecule has 0 radical (unpaired) electrons. The highest BCUT2D eigenvalue weighted by atomic mass is 16.5. The van der Waals surface area contributed by atoms with Crippen molar-refractivity contribution in [3.05, 3.63) is 59.7 Å². The second kappa shape index (κ2) is 7.08. The summed E-state index contributed by atoms with van der Waals surface area (Å²) >= 11 is 0. The van der Waals surface area contributed by atoms with Gasteiger partial charge in [0.1, 0.15) is 11.3 Å². The van der Waals surface area contributed by atoms with Crippen LogP contribution in [-0.4, -0.2) is 29.5 Å². The lowest BCUT2D eigenvalue weighted by molar-refractivity contribution is -0.119. The predicted octanol–water partition coefficient (Wildman–Crippen LogP) is 1.29. The number of nitrogens with two attached hydrogens (primary N) is 1. The molecule has 23 heavy (non-hydrogen) atoms. The Kier molecular flexibility index (Phi) is 4.93. The van der Waals surface area contributed by atoms with Crippen molar-refractivity contribution in [1.29, 1.82) is 0 Å². The molecule has 2 rings (SSSR count). The van der Waals surface area contributed by atoms with Crippen LogP contribution in [0.5, 0.6) is 5.75 Å². The van der Waals surface area contributed by atoms with Crippen LogP contribution in [0.25, 0.3) is 0 Å². The number of phenolic OH excluding ortho intramolecular Hbond substituents is 1. The molecule has 0 saturated heterocycles. The normalized spacial score (nSPS) is 9.91. The molecule has 2 aromatic carbocycles. The molecule has 2 amide bonds.